The Hall–Kier alpha value is -1.10. The molecule has 2 amide bonds. The number of amides is 2. The van der Waals surface area contributed by atoms with Crippen LogP contribution >= 0.6 is 0 Å². The van der Waals surface area contributed by atoms with Crippen LogP contribution in [-0.4, -0.2) is 47.9 Å². The Morgan fingerprint density at radius 3 is 2.29 bits per heavy atom. The first-order valence-corrected chi connectivity index (χ1v) is 8.41. The average molecular weight is 293 g/mol. The van der Waals surface area contributed by atoms with Gasteiger partial charge in [0.05, 0.1) is 0 Å². The normalized spacial score (nSPS) is 33.0. The molecule has 0 aromatic rings. The predicted octanol–water partition coefficient (Wildman–Crippen LogP) is 1.03. The van der Waals surface area contributed by atoms with Crippen LogP contribution in [0.15, 0.2) is 0 Å². The molecular weight excluding hydrogens is 266 g/mol. The van der Waals surface area contributed by atoms with E-state index in [-0.39, 0.29) is 17.9 Å². The molecule has 2 N–H and O–H groups in total. The van der Waals surface area contributed by atoms with Crippen molar-refractivity contribution in [3.8, 4) is 0 Å². The third-order valence-electron chi connectivity index (χ3n) is 5.35. The lowest BCUT2D eigenvalue weighted by Gasteiger charge is -2.33. The van der Waals surface area contributed by atoms with Crippen molar-refractivity contribution < 1.29 is 9.59 Å². The summed E-state index contributed by atoms with van der Waals surface area (Å²) in [4.78, 5) is 25.4. The Kier molecular flexibility index (Phi) is 4.48. The van der Waals surface area contributed by atoms with Gasteiger partial charge >= 0.3 is 0 Å². The molecule has 2 atom stereocenters. The minimum absolute atomic E-state index is 0.143. The molecular formula is C16H27N3O2. The zero-order chi connectivity index (χ0) is 14.8. The molecule has 3 saturated heterocycles. The van der Waals surface area contributed by atoms with Crippen LogP contribution in [-0.2, 0) is 9.59 Å². The summed E-state index contributed by atoms with van der Waals surface area (Å²) < 4.78 is 0. The highest BCUT2D eigenvalue weighted by molar-refractivity contribution is 5.76. The highest BCUT2D eigenvalue weighted by Gasteiger charge is 2.34. The smallest absolute Gasteiger partial charge is 0.220 e. The van der Waals surface area contributed by atoms with Crippen molar-refractivity contribution in [3.63, 3.8) is 0 Å². The quantitative estimate of drug-likeness (QED) is 0.817. The first-order chi connectivity index (χ1) is 10.1. The molecule has 2 bridgehead atoms. The van der Waals surface area contributed by atoms with Gasteiger partial charge in [-0.15, -0.1) is 0 Å². The van der Waals surface area contributed by atoms with Gasteiger partial charge in [0.25, 0.3) is 0 Å². The van der Waals surface area contributed by atoms with E-state index in [1.54, 1.807) is 6.92 Å². The fraction of sp³-hybridized carbons (Fsp3) is 0.875. The van der Waals surface area contributed by atoms with E-state index in [0.717, 1.165) is 38.8 Å². The highest BCUT2D eigenvalue weighted by Crippen LogP contribution is 2.32. The molecule has 3 rings (SSSR count). The van der Waals surface area contributed by atoms with Crippen molar-refractivity contribution in [2.75, 3.05) is 13.1 Å². The topological polar surface area (TPSA) is 61.4 Å². The highest BCUT2D eigenvalue weighted by atomic mass is 16.2. The standard InChI is InChI=1S/C16H27N3O2/c1-11(20)19-6-4-13(5-7-19)18-16(21)10-12-8-14-2-3-15(9-12)17-14/h12-15,17H,2-10H2,1H3,(H,18,21). The molecule has 0 radical (unpaired) electrons. The van der Waals surface area contributed by atoms with Crippen molar-refractivity contribution >= 4 is 11.8 Å². The minimum atomic E-state index is 0.143. The summed E-state index contributed by atoms with van der Waals surface area (Å²) in [6, 6.07) is 1.56. The molecule has 0 aromatic heterocycles. The first-order valence-electron chi connectivity index (χ1n) is 8.41. The Balaban J connectivity index is 1.40. The van der Waals surface area contributed by atoms with Crippen molar-refractivity contribution in [1.29, 1.82) is 0 Å². The van der Waals surface area contributed by atoms with Crippen LogP contribution in [0.4, 0.5) is 0 Å². The summed E-state index contributed by atoms with van der Waals surface area (Å²) in [7, 11) is 0. The first kappa shape index (κ1) is 14.8. The lowest BCUT2D eigenvalue weighted by atomic mass is 9.89. The second-order valence-electron chi connectivity index (χ2n) is 7.03. The maximum Gasteiger partial charge on any atom is 0.220 e. The second kappa shape index (κ2) is 6.34. The Morgan fingerprint density at radius 2 is 1.71 bits per heavy atom. The molecule has 5 nitrogen and oxygen atoms in total. The molecule has 118 valence electrons. The number of hydrogen-bond donors (Lipinski definition) is 2. The molecule has 0 spiro atoms. The van der Waals surface area contributed by atoms with Crippen LogP contribution in [0, 0.1) is 5.92 Å². The van der Waals surface area contributed by atoms with E-state index in [9.17, 15) is 9.59 Å². The average Bonchev–Trinajstić information content (AvgIpc) is 2.78. The van der Waals surface area contributed by atoms with E-state index >= 15 is 0 Å². The van der Waals surface area contributed by atoms with Gasteiger partial charge in [0, 0.05) is 44.6 Å². The van der Waals surface area contributed by atoms with E-state index < -0.39 is 0 Å². The van der Waals surface area contributed by atoms with E-state index in [2.05, 4.69) is 10.6 Å². The minimum Gasteiger partial charge on any atom is -0.353 e. The summed E-state index contributed by atoms with van der Waals surface area (Å²) in [5.74, 6) is 0.911. The molecule has 3 aliphatic rings. The largest absolute Gasteiger partial charge is 0.353 e. The van der Waals surface area contributed by atoms with Crippen molar-refractivity contribution in [2.24, 2.45) is 5.92 Å². The molecule has 5 heteroatoms. The summed E-state index contributed by atoms with van der Waals surface area (Å²) in [5, 5.41) is 6.80. The van der Waals surface area contributed by atoms with Crippen LogP contribution in [0.1, 0.15) is 51.9 Å². The van der Waals surface area contributed by atoms with Crippen LogP contribution in [0.3, 0.4) is 0 Å². The molecule has 3 heterocycles. The van der Waals surface area contributed by atoms with Gasteiger partial charge in [0.15, 0.2) is 0 Å². The monoisotopic (exact) mass is 293 g/mol. The van der Waals surface area contributed by atoms with Gasteiger partial charge in [-0.1, -0.05) is 0 Å². The van der Waals surface area contributed by atoms with Gasteiger partial charge in [-0.3, -0.25) is 9.59 Å². The fourth-order valence-corrected chi connectivity index (χ4v) is 4.23. The maximum atomic E-state index is 12.2. The number of carbonyl (C=O) groups excluding carboxylic acids is 2. The van der Waals surface area contributed by atoms with Crippen molar-refractivity contribution in [3.05, 3.63) is 0 Å². The third kappa shape index (κ3) is 3.76. The molecule has 0 aromatic carbocycles. The third-order valence-corrected chi connectivity index (χ3v) is 5.35. The van der Waals surface area contributed by atoms with Gasteiger partial charge in [0.1, 0.15) is 0 Å². The van der Waals surface area contributed by atoms with Crippen LogP contribution in [0.25, 0.3) is 0 Å². The molecule has 0 saturated carbocycles. The zero-order valence-corrected chi connectivity index (χ0v) is 12.9. The number of carbonyl (C=O) groups is 2. The number of rotatable bonds is 3. The molecule has 21 heavy (non-hydrogen) atoms. The van der Waals surface area contributed by atoms with Crippen molar-refractivity contribution in [1.82, 2.24) is 15.5 Å². The molecule has 3 aliphatic heterocycles. The van der Waals surface area contributed by atoms with Gasteiger partial charge in [-0.05, 0) is 44.4 Å². The summed E-state index contributed by atoms with van der Waals surface area (Å²) >= 11 is 0. The Morgan fingerprint density at radius 1 is 1.10 bits per heavy atom. The number of piperidine rings is 2. The number of fused-ring (bicyclic) bond motifs is 2. The molecule has 3 fully saturated rings. The van der Waals surface area contributed by atoms with Crippen molar-refractivity contribution in [2.45, 2.75) is 70.0 Å². The van der Waals surface area contributed by atoms with E-state index in [1.807, 2.05) is 4.90 Å². The van der Waals surface area contributed by atoms with Crippen LogP contribution < -0.4 is 10.6 Å². The summed E-state index contributed by atoms with van der Waals surface area (Å²) in [6.07, 6.45) is 7.35. The molecule has 0 aliphatic carbocycles. The van der Waals surface area contributed by atoms with E-state index in [1.165, 1.54) is 12.8 Å². The van der Waals surface area contributed by atoms with Gasteiger partial charge in [-0.2, -0.15) is 0 Å². The van der Waals surface area contributed by atoms with E-state index in [4.69, 9.17) is 0 Å². The van der Waals surface area contributed by atoms with Gasteiger partial charge < -0.3 is 15.5 Å². The maximum absolute atomic E-state index is 12.2. The summed E-state index contributed by atoms with van der Waals surface area (Å²) in [6.45, 7) is 3.17. The number of likely N-dealkylation sites (tertiary alicyclic amines) is 1. The molecule has 2 unspecified atom stereocenters. The summed E-state index contributed by atoms with van der Waals surface area (Å²) in [5.41, 5.74) is 0. The SMILES string of the molecule is CC(=O)N1CCC(NC(=O)CC2CC3CCC(C2)N3)CC1. The number of nitrogens with one attached hydrogen (secondary N) is 2. The lowest BCUT2D eigenvalue weighted by Crippen LogP contribution is -2.46. The van der Waals surface area contributed by atoms with Crippen LogP contribution in [0.2, 0.25) is 0 Å². The Labute approximate surface area is 126 Å². The van der Waals surface area contributed by atoms with E-state index in [0.29, 0.717) is 24.4 Å². The van der Waals surface area contributed by atoms with Crippen LogP contribution in [0.5, 0.6) is 0 Å². The van der Waals surface area contributed by atoms with Gasteiger partial charge in [-0.25, -0.2) is 0 Å². The van der Waals surface area contributed by atoms with Gasteiger partial charge in [0.2, 0.25) is 11.8 Å². The number of hydrogen-bond acceptors (Lipinski definition) is 3. The lowest BCUT2D eigenvalue weighted by molar-refractivity contribution is -0.130. The number of nitrogens with zero attached hydrogens (tertiary/aromatic N) is 1. The second-order valence-corrected chi connectivity index (χ2v) is 7.03. The zero-order valence-electron chi connectivity index (χ0n) is 12.9. The predicted molar refractivity (Wildman–Crippen MR) is 80.7 cm³/mol. The Bertz CT molecular complexity index is 392. The fourth-order valence-electron chi connectivity index (χ4n) is 4.23.